The van der Waals surface area contributed by atoms with E-state index in [-0.39, 0.29) is 18.0 Å². The molecule has 2 aliphatic heterocycles. The number of hydrogen-bond acceptors (Lipinski definition) is 4. The quantitative estimate of drug-likeness (QED) is 0.418. The first-order valence-electron chi connectivity index (χ1n) is 11.7. The van der Waals surface area contributed by atoms with Gasteiger partial charge < -0.3 is 15.8 Å². The van der Waals surface area contributed by atoms with Crippen LogP contribution in [-0.4, -0.2) is 10.9 Å². The molecule has 1 aromatic heterocycles. The number of aryl methyl sites for hydroxylation is 2. The highest BCUT2D eigenvalue weighted by molar-refractivity contribution is 5.95. The van der Waals surface area contributed by atoms with Crippen LogP contribution in [-0.2, 0) is 16.9 Å². The van der Waals surface area contributed by atoms with Crippen molar-refractivity contribution in [1.29, 1.82) is 0 Å². The molecule has 2 aliphatic rings. The summed E-state index contributed by atoms with van der Waals surface area (Å²) in [6, 6.07) is 18.7. The van der Waals surface area contributed by atoms with Crippen LogP contribution < -0.4 is 11.1 Å². The number of carbonyl (C=O) groups is 1. The number of rotatable bonds is 4. The molecule has 4 aromatic rings. The second-order valence-corrected chi connectivity index (χ2v) is 9.28. The Morgan fingerprint density at radius 1 is 1.00 bits per heavy atom. The molecule has 0 fully saturated rings. The van der Waals surface area contributed by atoms with Gasteiger partial charge in [0.25, 0.3) is 5.91 Å². The van der Waals surface area contributed by atoms with Gasteiger partial charge in [-0.2, -0.15) is 0 Å². The number of nitrogen functional groups attached to an aromatic ring is 1. The first-order chi connectivity index (χ1) is 17.3. The summed E-state index contributed by atoms with van der Waals surface area (Å²) in [4.78, 5) is 17.5. The van der Waals surface area contributed by atoms with Crippen molar-refractivity contribution in [3.05, 3.63) is 129 Å². The molecule has 180 valence electrons. The van der Waals surface area contributed by atoms with Gasteiger partial charge in [-0.1, -0.05) is 42.5 Å². The Bertz CT molecular complexity index is 1550. The highest BCUT2D eigenvalue weighted by Gasteiger charge is 2.56. The van der Waals surface area contributed by atoms with E-state index in [9.17, 15) is 9.18 Å². The summed E-state index contributed by atoms with van der Waals surface area (Å²) in [6.45, 7) is 4.06. The zero-order chi connectivity index (χ0) is 25.2. The number of anilines is 1. The van der Waals surface area contributed by atoms with Gasteiger partial charge in [0.2, 0.25) is 0 Å². The van der Waals surface area contributed by atoms with Gasteiger partial charge in [0.1, 0.15) is 17.5 Å². The fourth-order valence-corrected chi connectivity index (χ4v) is 5.58. The van der Waals surface area contributed by atoms with Gasteiger partial charge in [0.05, 0.1) is 0 Å². The highest BCUT2D eigenvalue weighted by Crippen LogP contribution is 2.61. The number of halogens is 2. The third-order valence-corrected chi connectivity index (χ3v) is 7.22. The maximum Gasteiger partial charge on any atom is 0.251 e. The molecule has 2 unspecified atom stereocenters. The molecule has 3 N–H and O–H groups in total. The Hall–Kier alpha value is -4.10. The lowest BCUT2D eigenvalue weighted by Crippen LogP contribution is -2.30. The summed E-state index contributed by atoms with van der Waals surface area (Å²) in [5.74, 6) is -1.77. The average molecular weight is 484 g/mol. The van der Waals surface area contributed by atoms with Gasteiger partial charge in [-0.3, -0.25) is 4.79 Å². The fourth-order valence-electron chi connectivity index (χ4n) is 5.58. The summed E-state index contributed by atoms with van der Waals surface area (Å²) in [5, 5.41) is 2.95. The van der Waals surface area contributed by atoms with Crippen LogP contribution in [0.1, 0.15) is 61.1 Å². The molecule has 0 radical (unpaired) electrons. The maximum atomic E-state index is 15.2. The van der Waals surface area contributed by atoms with E-state index in [1.807, 2.05) is 44.2 Å². The number of hydrogen-bond donors (Lipinski definition) is 2. The predicted octanol–water partition coefficient (Wildman–Crippen LogP) is 5.21. The van der Waals surface area contributed by atoms with Crippen molar-refractivity contribution in [1.82, 2.24) is 10.3 Å². The summed E-state index contributed by atoms with van der Waals surface area (Å²) < 4.78 is 36.0. The SMILES string of the molecule is Cc1cc(N)nc(C)c1CNC(=O)c1ccc2c(c1)C1(c3cccc(F)c3F)OC2c2ccccc21. The normalized spacial score (nSPS) is 19.2. The topological polar surface area (TPSA) is 77.2 Å². The Balaban J connectivity index is 1.42. The molecule has 2 bridgehead atoms. The summed E-state index contributed by atoms with van der Waals surface area (Å²) in [7, 11) is 0. The summed E-state index contributed by atoms with van der Waals surface area (Å²) in [6.07, 6.45) is -0.429. The number of ether oxygens (including phenoxy) is 1. The van der Waals surface area contributed by atoms with Crippen LogP contribution in [0.15, 0.2) is 66.7 Å². The molecule has 2 atom stereocenters. The molecule has 5 nitrogen and oxygen atoms in total. The Labute approximate surface area is 206 Å². The lowest BCUT2D eigenvalue weighted by molar-refractivity contribution is 0.0220. The van der Waals surface area contributed by atoms with Crippen LogP contribution in [0.5, 0.6) is 0 Å². The number of pyridine rings is 1. The van der Waals surface area contributed by atoms with Crippen LogP contribution >= 0.6 is 0 Å². The van der Waals surface area contributed by atoms with Crippen molar-refractivity contribution < 1.29 is 18.3 Å². The molecule has 6 rings (SSSR count). The van der Waals surface area contributed by atoms with E-state index in [2.05, 4.69) is 10.3 Å². The van der Waals surface area contributed by atoms with Crippen molar-refractivity contribution in [3.63, 3.8) is 0 Å². The van der Waals surface area contributed by atoms with Gasteiger partial charge in [-0.05, 0) is 71.5 Å². The molecule has 0 aliphatic carbocycles. The largest absolute Gasteiger partial charge is 0.384 e. The summed E-state index contributed by atoms with van der Waals surface area (Å²) in [5.41, 5.74) is 10.7. The number of nitrogens with two attached hydrogens (primary N) is 1. The molecule has 1 amide bonds. The lowest BCUT2D eigenvalue weighted by atomic mass is 9.73. The van der Waals surface area contributed by atoms with Crippen LogP contribution in [0.25, 0.3) is 0 Å². The van der Waals surface area contributed by atoms with Crippen LogP contribution in [0.3, 0.4) is 0 Å². The smallest absolute Gasteiger partial charge is 0.251 e. The second-order valence-electron chi connectivity index (χ2n) is 9.28. The number of amides is 1. The summed E-state index contributed by atoms with van der Waals surface area (Å²) >= 11 is 0. The minimum Gasteiger partial charge on any atom is -0.384 e. The monoisotopic (exact) mass is 483 g/mol. The van der Waals surface area contributed by atoms with E-state index in [1.165, 1.54) is 6.07 Å². The van der Waals surface area contributed by atoms with Crippen molar-refractivity contribution in [2.24, 2.45) is 0 Å². The fraction of sp³-hybridized carbons (Fsp3) is 0.172. The Morgan fingerprint density at radius 2 is 1.75 bits per heavy atom. The third-order valence-electron chi connectivity index (χ3n) is 7.22. The van der Waals surface area contributed by atoms with Crippen molar-refractivity contribution in [2.75, 3.05) is 5.73 Å². The Kier molecular flexibility index (Phi) is 4.95. The molecule has 3 aromatic carbocycles. The van der Waals surface area contributed by atoms with Crippen molar-refractivity contribution in [3.8, 4) is 0 Å². The number of nitrogens with zero attached hydrogens (tertiary/aromatic N) is 1. The molecular formula is C29H23F2N3O2. The van der Waals surface area contributed by atoms with Crippen LogP contribution in [0, 0.1) is 25.5 Å². The van der Waals surface area contributed by atoms with E-state index in [4.69, 9.17) is 10.5 Å². The van der Waals surface area contributed by atoms with E-state index < -0.39 is 23.3 Å². The minimum atomic E-state index is -1.34. The van der Waals surface area contributed by atoms with E-state index >= 15 is 4.39 Å². The number of carbonyl (C=O) groups excluding carboxylic acids is 1. The third kappa shape index (κ3) is 3.09. The standard InChI is InChI=1S/C29H23F2N3O2/c1-15-12-25(32)34-16(2)20(15)14-33-28(35)17-10-11-19-23(13-17)29(22-8-5-9-24(30)26(22)31)21-7-4-3-6-18(21)27(19)36-29/h3-13,27H,14H2,1-2H3,(H2,32,34)(H,33,35). The number of aromatic nitrogens is 1. The van der Waals surface area contributed by atoms with Crippen molar-refractivity contribution >= 4 is 11.7 Å². The maximum absolute atomic E-state index is 15.2. The molecule has 3 heterocycles. The van der Waals surface area contributed by atoms with Gasteiger partial charge >= 0.3 is 0 Å². The highest BCUT2D eigenvalue weighted by atomic mass is 19.2. The van der Waals surface area contributed by atoms with Crippen LogP contribution in [0.2, 0.25) is 0 Å². The molecule has 7 heteroatoms. The molecule has 0 spiro atoms. The minimum absolute atomic E-state index is 0.0907. The van der Waals surface area contributed by atoms with Gasteiger partial charge in [-0.25, -0.2) is 13.8 Å². The second kappa shape index (κ2) is 7.96. The van der Waals surface area contributed by atoms with Crippen molar-refractivity contribution in [2.45, 2.75) is 32.1 Å². The van der Waals surface area contributed by atoms with E-state index in [0.717, 1.165) is 39.6 Å². The predicted molar refractivity (Wildman–Crippen MR) is 131 cm³/mol. The van der Waals surface area contributed by atoms with Gasteiger partial charge in [-0.15, -0.1) is 0 Å². The Morgan fingerprint density at radius 3 is 2.56 bits per heavy atom. The first kappa shape index (κ1) is 22.4. The zero-order valence-corrected chi connectivity index (χ0v) is 19.7. The van der Waals surface area contributed by atoms with Gasteiger partial charge in [0, 0.05) is 23.4 Å². The van der Waals surface area contributed by atoms with E-state index in [0.29, 0.717) is 16.9 Å². The number of fused-ring (bicyclic) bond motifs is 8. The van der Waals surface area contributed by atoms with E-state index in [1.54, 1.807) is 24.3 Å². The lowest BCUT2D eigenvalue weighted by Gasteiger charge is -2.30. The average Bonchev–Trinajstić information content (AvgIpc) is 3.38. The molecule has 0 saturated heterocycles. The van der Waals surface area contributed by atoms with Gasteiger partial charge in [0.15, 0.2) is 11.6 Å². The molecule has 36 heavy (non-hydrogen) atoms. The first-order valence-corrected chi connectivity index (χ1v) is 11.7. The number of nitrogens with one attached hydrogen (secondary N) is 1. The van der Waals surface area contributed by atoms with Crippen LogP contribution in [0.4, 0.5) is 14.6 Å². The molecular weight excluding hydrogens is 460 g/mol. The molecule has 0 saturated carbocycles. The number of benzene rings is 3. The zero-order valence-electron chi connectivity index (χ0n) is 19.7.